The summed E-state index contributed by atoms with van der Waals surface area (Å²) in [6.45, 7) is 9.74. The molecule has 1 aliphatic carbocycles. The van der Waals surface area contributed by atoms with Gasteiger partial charge >= 0.3 is 0 Å². The molecule has 0 saturated heterocycles. The topological polar surface area (TPSA) is 32.7 Å². The summed E-state index contributed by atoms with van der Waals surface area (Å²) in [7, 11) is 3.90. The zero-order valence-corrected chi connectivity index (χ0v) is 12.3. The number of aliphatic hydroxyl groups is 1. The van der Waals surface area contributed by atoms with E-state index in [1.54, 1.807) is 7.11 Å². The molecule has 0 aromatic carbocycles. The van der Waals surface area contributed by atoms with E-state index in [4.69, 9.17) is 4.74 Å². The second-order valence-corrected chi connectivity index (χ2v) is 6.79. The van der Waals surface area contributed by atoms with Gasteiger partial charge in [0.05, 0.1) is 12.7 Å². The number of methoxy groups -OCH3 is 1. The van der Waals surface area contributed by atoms with Gasteiger partial charge < -0.3 is 9.84 Å². The first-order chi connectivity index (χ1) is 7.70. The number of hydrogen-bond donors (Lipinski definition) is 1. The average molecular weight is 243 g/mol. The second-order valence-electron chi connectivity index (χ2n) is 6.79. The molecule has 1 saturated carbocycles. The van der Waals surface area contributed by atoms with E-state index in [1.807, 2.05) is 0 Å². The molecule has 102 valence electrons. The highest BCUT2D eigenvalue weighted by Gasteiger charge is 2.42. The summed E-state index contributed by atoms with van der Waals surface area (Å²) in [4.78, 5) is 2.39. The summed E-state index contributed by atoms with van der Waals surface area (Å²) in [5.41, 5.74) is 0.271. The molecule has 0 aliphatic heterocycles. The number of aliphatic hydroxyl groups excluding tert-OH is 1. The van der Waals surface area contributed by atoms with Gasteiger partial charge in [0.15, 0.2) is 0 Å². The van der Waals surface area contributed by atoms with Crippen LogP contribution in [0.15, 0.2) is 0 Å². The van der Waals surface area contributed by atoms with Gasteiger partial charge in [0, 0.05) is 18.7 Å². The zero-order valence-electron chi connectivity index (χ0n) is 12.3. The number of ether oxygens (including phenoxy) is 1. The molecule has 1 rings (SSSR count). The Morgan fingerprint density at radius 3 is 2.53 bits per heavy atom. The van der Waals surface area contributed by atoms with Crippen molar-refractivity contribution in [3.05, 3.63) is 0 Å². The summed E-state index contributed by atoms with van der Waals surface area (Å²) >= 11 is 0. The number of rotatable bonds is 4. The van der Waals surface area contributed by atoms with Crippen LogP contribution in [0.5, 0.6) is 0 Å². The fourth-order valence-electron chi connectivity index (χ4n) is 2.96. The van der Waals surface area contributed by atoms with Gasteiger partial charge in [-0.05, 0) is 45.6 Å². The van der Waals surface area contributed by atoms with Crippen molar-refractivity contribution in [2.24, 2.45) is 5.41 Å². The van der Waals surface area contributed by atoms with E-state index in [0.717, 1.165) is 19.3 Å². The molecule has 0 aromatic heterocycles. The van der Waals surface area contributed by atoms with Gasteiger partial charge in [0.25, 0.3) is 0 Å². The molecule has 2 unspecified atom stereocenters. The highest BCUT2D eigenvalue weighted by molar-refractivity contribution is 4.96. The first kappa shape index (κ1) is 14.9. The van der Waals surface area contributed by atoms with Gasteiger partial charge in [-0.1, -0.05) is 13.8 Å². The summed E-state index contributed by atoms with van der Waals surface area (Å²) < 4.78 is 5.31. The smallest absolute Gasteiger partial charge is 0.0641 e. The summed E-state index contributed by atoms with van der Waals surface area (Å²) in [6.07, 6.45) is 2.75. The molecule has 2 atom stereocenters. The number of likely N-dealkylation sites (N-methyl/N-ethyl adjacent to an activating group) is 1. The van der Waals surface area contributed by atoms with Crippen LogP contribution in [0.4, 0.5) is 0 Å². The van der Waals surface area contributed by atoms with Crippen LogP contribution in [0.1, 0.15) is 47.0 Å². The first-order valence-electron chi connectivity index (χ1n) is 6.60. The normalized spacial score (nSPS) is 29.6. The Kier molecular flexibility index (Phi) is 4.61. The van der Waals surface area contributed by atoms with Crippen LogP contribution in [0.3, 0.4) is 0 Å². The van der Waals surface area contributed by atoms with Gasteiger partial charge in [-0.15, -0.1) is 0 Å². The second kappa shape index (κ2) is 5.25. The minimum Gasteiger partial charge on any atom is -0.393 e. The molecule has 1 N–H and O–H groups in total. The predicted octanol–water partition coefficient (Wildman–Crippen LogP) is 2.28. The Morgan fingerprint density at radius 1 is 1.41 bits per heavy atom. The predicted molar refractivity (Wildman–Crippen MR) is 71.1 cm³/mol. The van der Waals surface area contributed by atoms with Crippen LogP contribution >= 0.6 is 0 Å². The van der Waals surface area contributed by atoms with E-state index >= 15 is 0 Å². The SMILES string of the molecule is COCC(C)(C)N(C)C1CC(O)CCC1(C)C. The highest BCUT2D eigenvalue weighted by Crippen LogP contribution is 2.40. The standard InChI is InChI=1S/C14H29NO2/c1-13(2)8-7-11(16)9-12(13)15(5)14(3,4)10-17-6/h11-12,16H,7-10H2,1-6H3. The van der Waals surface area contributed by atoms with Crippen molar-refractivity contribution < 1.29 is 9.84 Å². The molecule has 17 heavy (non-hydrogen) atoms. The zero-order chi connectivity index (χ0) is 13.3. The van der Waals surface area contributed by atoms with Crippen molar-refractivity contribution in [1.82, 2.24) is 4.90 Å². The quantitative estimate of drug-likeness (QED) is 0.822. The van der Waals surface area contributed by atoms with Crippen LogP contribution in [0.25, 0.3) is 0 Å². The maximum atomic E-state index is 9.90. The van der Waals surface area contributed by atoms with E-state index in [0.29, 0.717) is 12.6 Å². The van der Waals surface area contributed by atoms with E-state index in [9.17, 15) is 5.11 Å². The van der Waals surface area contributed by atoms with E-state index in [-0.39, 0.29) is 17.1 Å². The monoisotopic (exact) mass is 243 g/mol. The van der Waals surface area contributed by atoms with Crippen molar-refractivity contribution >= 4 is 0 Å². The average Bonchev–Trinajstić information content (AvgIpc) is 2.20. The molecule has 0 spiro atoms. The minimum absolute atomic E-state index is 0.00769. The lowest BCUT2D eigenvalue weighted by molar-refractivity contribution is -0.0580. The molecular formula is C14H29NO2. The molecule has 0 radical (unpaired) electrons. The lowest BCUT2D eigenvalue weighted by Gasteiger charge is -2.50. The molecule has 1 fully saturated rings. The summed E-state index contributed by atoms with van der Waals surface area (Å²) in [6, 6.07) is 0.413. The molecular weight excluding hydrogens is 214 g/mol. The fourth-order valence-corrected chi connectivity index (χ4v) is 2.96. The fraction of sp³-hybridized carbons (Fsp3) is 1.00. The van der Waals surface area contributed by atoms with E-state index in [2.05, 4.69) is 39.6 Å². The molecule has 3 heteroatoms. The van der Waals surface area contributed by atoms with Crippen molar-refractivity contribution in [1.29, 1.82) is 0 Å². The molecule has 0 bridgehead atoms. The third kappa shape index (κ3) is 3.43. The maximum Gasteiger partial charge on any atom is 0.0641 e. The Bertz CT molecular complexity index is 251. The highest BCUT2D eigenvalue weighted by atomic mass is 16.5. The van der Waals surface area contributed by atoms with Crippen LogP contribution in [0.2, 0.25) is 0 Å². The van der Waals surface area contributed by atoms with Gasteiger partial charge in [-0.3, -0.25) is 4.90 Å². The van der Waals surface area contributed by atoms with Crippen molar-refractivity contribution in [2.45, 2.75) is 64.6 Å². The van der Waals surface area contributed by atoms with Gasteiger partial charge in [-0.25, -0.2) is 0 Å². The Hall–Kier alpha value is -0.120. The Morgan fingerprint density at radius 2 is 2.00 bits per heavy atom. The van der Waals surface area contributed by atoms with Gasteiger partial charge in [-0.2, -0.15) is 0 Å². The van der Waals surface area contributed by atoms with Gasteiger partial charge in [0.1, 0.15) is 0 Å². The van der Waals surface area contributed by atoms with Crippen molar-refractivity contribution in [3.8, 4) is 0 Å². The van der Waals surface area contributed by atoms with Crippen LogP contribution < -0.4 is 0 Å². The van der Waals surface area contributed by atoms with Gasteiger partial charge in [0.2, 0.25) is 0 Å². The Balaban J connectivity index is 2.81. The van der Waals surface area contributed by atoms with Crippen LogP contribution in [-0.2, 0) is 4.74 Å². The van der Waals surface area contributed by atoms with Crippen molar-refractivity contribution in [2.75, 3.05) is 20.8 Å². The van der Waals surface area contributed by atoms with Crippen LogP contribution in [-0.4, -0.2) is 48.5 Å². The Labute approximate surface area is 106 Å². The third-order valence-electron chi connectivity index (χ3n) is 4.44. The number of nitrogens with zero attached hydrogens (tertiary/aromatic N) is 1. The molecule has 1 aliphatic rings. The van der Waals surface area contributed by atoms with E-state index in [1.165, 1.54) is 0 Å². The molecule has 0 aromatic rings. The third-order valence-corrected chi connectivity index (χ3v) is 4.44. The minimum atomic E-state index is -0.145. The maximum absolute atomic E-state index is 9.90. The molecule has 3 nitrogen and oxygen atoms in total. The van der Waals surface area contributed by atoms with Crippen LogP contribution in [0, 0.1) is 5.41 Å². The number of hydrogen-bond acceptors (Lipinski definition) is 3. The molecule has 0 heterocycles. The summed E-state index contributed by atoms with van der Waals surface area (Å²) in [5.74, 6) is 0. The van der Waals surface area contributed by atoms with Crippen molar-refractivity contribution in [3.63, 3.8) is 0 Å². The lowest BCUT2D eigenvalue weighted by Crippen LogP contribution is -2.57. The largest absolute Gasteiger partial charge is 0.393 e. The first-order valence-corrected chi connectivity index (χ1v) is 6.60. The molecule has 0 amide bonds. The summed E-state index contributed by atoms with van der Waals surface area (Å²) in [5, 5.41) is 9.90. The lowest BCUT2D eigenvalue weighted by atomic mass is 9.70. The van der Waals surface area contributed by atoms with E-state index < -0.39 is 0 Å².